The van der Waals surface area contributed by atoms with Crippen molar-refractivity contribution in [3.63, 3.8) is 0 Å². The first-order valence-electron chi connectivity index (χ1n) is 4.70. The molecule has 0 amide bonds. The van der Waals surface area contributed by atoms with Gasteiger partial charge in [0.05, 0.1) is 0 Å². The third kappa shape index (κ3) is 1.58. The summed E-state index contributed by atoms with van der Waals surface area (Å²) >= 11 is 0. The molecular formula is C9H14N2O2. The molecule has 1 heterocycles. The van der Waals surface area contributed by atoms with Crippen LogP contribution in [-0.4, -0.2) is 15.4 Å². The third-order valence-electron chi connectivity index (χ3n) is 2.44. The normalized spacial score (nSPS) is 19.4. The molecule has 72 valence electrons. The minimum atomic E-state index is -0.469. The van der Waals surface area contributed by atoms with Gasteiger partial charge in [0.15, 0.2) is 0 Å². The highest BCUT2D eigenvalue weighted by molar-refractivity contribution is 5.16. The lowest BCUT2D eigenvalue weighted by Crippen LogP contribution is -2.04. The van der Waals surface area contributed by atoms with Crippen molar-refractivity contribution in [1.29, 1.82) is 0 Å². The number of hydrogen-bond acceptors (Lipinski definition) is 4. The number of aliphatic hydroxyl groups excluding tert-OH is 1. The van der Waals surface area contributed by atoms with Crippen molar-refractivity contribution in [2.75, 3.05) is 0 Å². The standard InChI is InChI=1S/C9H14N2O2/c1-5(2)7-8(11-13-10-7)9(12)6-3-4-6/h5-6,9,12H,3-4H2,1-2H3/t9-/m0/s1. The van der Waals surface area contributed by atoms with E-state index in [1.54, 1.807) is 0 Å². The summed E-state index contributed by atoms with van der Waals surface area (Å²) in [6.45, 7) is 4.03. The average molecular weight is 182 g/mol. The van der Waals surface area contributed by atoms with E-state index >= 15 is 0 Å². The van der Waals surface area contributed by atoms with E-state index < -0.39 is 6.10 Å². The first-order chi connectivity index (χ1) is 6.20. The molecule has 0 unspecified atom stereocenters. The van der Waals surface area contributed by atoms with Crippen LogP contribution < -0.4 is 0 Å². The second kappa shape index (κ2) is 3.10. The summed E-state index contributed by atoms with van der Waals surface area (Å²) in [6.07, 6.45) is 1.71. The number of nitrogens with zero attached hydrogens (tertiary/aromatic N) is 2. The van der Waals surface area contributed by atoms with Crippen LogP contribution in [0.25, 0.3) is 0 Å². The molecule has 1 N–H and O–H groups in total. The first kappa shape index (κ1) is 8.69. The molecule has 0 bridgehead atoms. The number of aliphatic hydroxyl groups is 1. The highest BCUT2D eigenvalue weighted by Gasteiger charge is 2.35. The van der Waals surface area contributed by atoms with Gasteiger partial charge < -0.3 is 5.11 Å². The summed E-state index contributed by atoms with van der Waals surface area (Å²) < 4.78 is 4.65. The van der Waals surface area contributed by atoms with Gasteiger partial charge in [0, 0.05) is 5.92 Å². The minimum Gasteiger partial charge on any atom is -0.386 e. The maximum Gasteiger partial charge on any atom is 0.137 e. The van der Waals surface area contributed by atoms with Crippen molar-refractivity contribution in [3.05, 3.63) is 11.4 Å². The predicted octanol–water partition coefficient (Wildman–Crippen LogP) is 1.64. The van der Waals surface area contributed by atoms with Gasteiger partial charge in [0.1, 0.15) is 17.5 Å². The van der Waals surface area contributed by atoms with Crippen LogP contribution in [0.2, 0.25) is 0 Å². The summed E-state index contributed by atoms with van der Waals surface area (Å²) in [5.41, 5.74) is 1.43. The van der Waals surface area contributed by atoms with Gasteiger partial charge in [0.25, 0.3) is 0 Å². The van der Waals surface area contributed by atoms with Crippen molar-refractivity contribution in [3.8, 4) is 0 Å². The van der Waals surface area contributed by atoms with Gasteiger partial charge >= 0.3 is 0 Å². The number of rotatable bonds is 3. The monoisotopic (exact) mass is 182 g/mol. The van der Waals surface area contributed by atoms with Crippen LogP contribution >= 0.6 is 0 Å². The highest BCUT2D eigenvalue weighted by atomic mass is 16.6. The molecule has 2 rings (SSSR count). The van der Waals surface area contributed by atoms with E-state index in [4.69, 9.17) is 0 Å². The molecular weight excluding hydrogens is 168 g/mol. The van der Waals surface area contributed by atoms with Crippen molar-refractivity contribution in [1.82, 2.24) is 10.3 Å². The fourth-order valence-electron chi connectivity index (χ4n) is 1.44. The quantitative estimate of drug-likeness (QED) is 0.771. The van der Waals surface area contributed by atoms with E-state index in [2.05, 4.69) is 14.9 Å². The summed E-state index contributed by atoms with van der Waals surface area (Å²) in [6, 6.07) is 0. The van der Waals surface area contributed by atoms with Gasteiger partial charge in [-0.15, -0.1) is 0 Å². The zero-order chi connectivity index (χ0) is 9.42. The number of hydrogen-bond donors (Lipinski definition) is 1. The maximum absolute atomic E-state index is 9.82. The Balaban J connectivity index is 2.22. The molecule has 0 saturated heterocycles. The molecule has 1 saturated carbocycles. The Kier molecular flexibility index (Phi) is 2.07. The molecule has 1 aromatic rings. The van der Waals surface area contributed by atoms with Crippen LogP contribution in [0.5, 0.6) is 0 Å². The fourth-order valence-corrected chi connectivity index (χ4v) is 1.44. The van der Waals surface area contributed by atoms with Crippen molar-refractivity contribution >= 4 is 0 Å². The zero-order valence-corrected chi connectivity index (χ0v) is 7.90. The van der Waals surface area contributed by atoms with Crippen LogP contribution in [0.4, 0.5) is 0 Å². The average Bonchev–Trinajstić information content (AvgIpc) is 2.80. The smallest absolute Gasteiger partial charge is 0.137 e. The minimum absolute atomic E-state index is 0.259. The Morgan fingerprint density at radius 2 is 1.92 bits per heavy atom. The van der Waals surface area contributed by atoms with E-state index in [-0.39, 0.29) is 5.92 Å². The Hall–Kier alpha value is -0.900. The van der Waals surface area contributed by atoms with E-state index in [1.165, 1.54) is 0 Å². The van der Waals surface area contributed by atoms with E-state index in [0.29, 0.717) is 11.6 Å². The molecule has 1 aromatic heterocycles. The van der Waals surface area contributed by atoms with Crippen molar-refractivity contribution in [2.24, 2.45) is 5.92 Å². The van der Waals surface area contributed by atoms with Crippen LogP contribution in [0.3, 0.4) is 0 Å². The van der Waals surface area contributed by atoms with Crippen molar-refractivity contribution < 1.29 is 9.74 Å². The predicted molar refractivity (Wildman–Crippen MR) is 46.1 cm³/mol. The molecule has 4 nitrogen and oxygen atoms in total. The van der Waals surface area contributed by atoms with Gasteiger partial charge in [-0.25, -0.2) is 4.63 Å². The zero-order valence-electron chi connectivity index (χ0n) is 7.90. The lowest BCUT2D eigenvalue weighted by Gasteiger charge is -2.07. The lowest BCUT2D eigenvalue weighted by molar-refractivity contribution is 0.142. The second-order valence-corrected chi connectivity index (χ2v) is 3.97. The molecule has 0 radical (unpaired) electrons. The van der Waals surface area contributed by atoms with Gasteiger partial charge in [0.2, 0.25) is 0 Å². The molecule has 1 atom stereocenters. The SMILES string of the molecule is CC(C)c1nonc1[C@@H](O)C1CC1. The van der Waals surface area contributed by atoms with Gasteiger partial charge in [-0.2, -0.15) is 0 Å². The molecule has 4 heteroatoms. The lowest BCUT2D eigenvalue weighted by atomic mass is 10.0. The third-order valence-corrected chi connectivity index (χ3v) is 2.44. The molecule has 0 aliphatic heterocycles. The largest absolute Gasteiger partial charge is 0.386 e. The van der Waals surface area contributed by atoms with Crippen LogP contribution in [-0.2, 0) is 0 Å². The van der Waals surface area contributed by atoms with Gasteiger partial charge in [-0.1, -0.05) is 24.2 Å². The topological polar surface area (TPSA) is 59.2 Å². The van der Waals surface area contributed by atoms with E-state index in [1.807, 2.05) is 13.8 Å². The molecule has 1 aliphatic carbocycles. The summed E-state index contributed by atoms with van der Waals surface area (Å²) in [5.74, 6) is 0.638. The van der Waals surface area contributed by atoms with E-state index in [0.717, 1.165) is 18.5 Å². The Bertz CT molecular complexity index is 292. The summed E-state index contributed by atoms with van der Waals surface area (Å²) in [5, 5.41) is 17.4. The van der Waals surface area contributed by atoms with Crippen LogP contribution in [0.1, 0.15) is 50.1 Å². The molecule has 0 spiro atoms. The Labute approximate surface area is 76.9 Å². The Morgan fingerprint density at radius 3 is 2.46 bits per heavy atom. The first-order valence-corrected chi connectivity index (χ1v) is 4.70. The molecule has 1 fully saturated rings. The molecule has 1 aliphatic rings. The van der Waals surface area contributed by atoms with Crippen molar-refractivity contribution in [2.45, 2.75) is 38.7 Å². The molecule has 0 aromatic carbocycles. The van der Waals surface area contributed by atoms with E-state index in [9.17, 15) is 5.11 Å². The maximum atomic E-state index is 9.82. The number of aromatic nitrogens is 2. The molecule has 13 heavy (non-hydrogen) atoms. The van der Waals surface area contributed by atoms with Gasteiger partial charge in [-0.05, 0) is 18.8 Å². The van der Waals surface area contributed by atoms with Crippen LogP contribution in [0.15, 0.2) is 4.63 Å². The fraction of sp³-hybridized carbons (Fsp3) is 0.778. The Morgan fingerprint density at radius 1 is 1.31 bits per heavy atom. The summed E-state index contributed by atoms with van der Waals surface area (Å²) in [7, 11) is 0. The summed E-state index contributed by atoms with van der Waals surface area (Å²) in [4.78, 5) is 0. The van der Waals surface area contributed by atoms with Crippen LogP contribution in [0, 0.1) is 5.92 Å². The van der Waals surface area contributed by atoms with Gasteiger partial charge in [-0.3, -0.25) is 0 Å². The second-order valence-electron chi connectivity index (χ2n) is 3.97. The highest BCUT2D eigenvalue weighted by Crippen LogP contribution is 2.41.